The number of carbonyl (C=O) groups is 4. The average molecular weight is 440 g/mol. The summed E-state index contributed by atoms with van der Waals surface area (Å²) in [7, 11) is 0. The Hall–Kier alpha value is -3.03. The normalized spacial score (nSPS) is 19.9. The predicted molar refractivity (Wildman–Crippen MR) is 105 cm³/mol. The molecule has 1 aromatic heterocycles. The van der Waals surface area contributed by atoms with Crippen molar-refractivity contribution in [2.45, 2.75) is 56.5 Å². The van der Waals surface area contributed by atoms with Crippen molar-refractivity contribution in [2.24, 2.45) is 5.73 Å². The van der Waals surface area contributed by atoms with Crippen LogP contribution in [-0.2, 0) is 25.6 Å². The fourth-order valence-corrected chi connectivity index (χ4v) is 3.26. The van der Waals surface area contributed by atoms with E-state index in [-0.39, 0.29) is 13.0 Å². The van der Waals surface area contributed by atoms with Gasteiger partial charge in [-0.25, -0.2) is 9.78 Å². The van der Waals surface area contributed by atoms with E-state index in [2.05, 4.69) is 20.6 Å². The SMILES string of the molecule is CC(O)C(N)C(=O)NC(CO)C(=O)NC(Cc1cnc[nH]1)C(=O)N1CCCC1C(=O)O. The maximum Gasteiger partial charge on any atom is 0.326 e. The molecule has 0 spiro atoms. The first-order chi connectivity index (χ1) is 14.6. The van der Waals surface area contributed by atoms with E-state index in [0.717, 1.165) is 0 Å². The molecule has 1 aliphatic rings. The molecule has 1 aliphatic heterocycles. The van der Waals surface area contributed by atoms with Crippen LogP contribution in [0.5, 0.6) is 0 Å². The summed E-state index contributed by atoms with van der Waals surface area (Å²) in [6.45, 7) is 0.747. The molecule has 1 saturated heterocycles. The Balaban J connectivity index is 2.15. The first-order valence-electron chi connectivity index (χ1n) is 9.81. The molecule has 2 rings (SSSR count). The van der Waals surface area contributed by atoms with Crippen molar-refractivity contribution in [3.63, 3.8) is 0 Å². The molecule has 31 heavy (non-hydrogen) atoms. The van der Waals surface area contributed by atoms with E-state index in [4.69, 9.17) is 5.73 Å². The minimum atomic E-state index is -1.43. The molecule has 1 aromatic rings. The highest BCUT2D eigenvalue weighted by atomic mass is 16.4. The van der Waals surface area contributed by atoms with Gasteiger partial charge in [0, 0.05) is 24.9 Å². The number of nitrogens with two attached hydrogens (primary N) is 1. The second-order valence-electron chi connectivity index (χ2n) is 7.38. The third-order valence-electron chi connectivity index (χ3n) is 5.05. The van der Waals surface area contributed by atoms with Crippen molar-refractivity contribution in [1.29, 1.82) is 0 Å². The van der Waals surface area contributed by atoms with Crippen molar-refractivity contribution in [1.82, 2.24) is 25.5 Å². The summed E-state index contributed by atoms with van der Waals surface area (Å²) in [5.74, 6) is -3.45. The van der Waals surface area contributed by atoms with E-state index in [1.807, 2.05) is 0 Å². The molecule has 13 nitrogen and oxygen atoms in total. The molecule has 0 aliphatic carbocycles. The Labute approximate surface area is 178 Å². The molecular formula is C18H28N6O7. The number of aliphatic hydroxyl groups is 2. The van der Waals surface area contributed by atoms with Gasteiger partial charge in [-0.2, -0.15) is 0 Å². The van der Waals surface area contributed by atoms with Crippen molar-refractivity contribution in [2.75, 3.05) is 13.2 Å². The summed E-state index contributed by atoms with van der Waals surface area (Å²) in [6, 6.07) is -4.90. The summed E-state index contributed by atoms with van der Waals surface area (Å²) in [4.78, 5) is 57.1. The van der Waals surface area contributed by atoms with Crippen LogP contribution in [0.2, 0.25) is 0 Å². The fourth-order valence-electron chi connectivity index (χ4n) is 3.26. The van der Waals surface area contributed by atoms with Gasteiger partial charge in [-0.1, -0.05) is 0 Å². The van der Waals surface area contributed by atoms with Crippen molar-refractivity contribution >= 4 is 23.7 Å². The lowest BCUT2D eigenvalue weighted by Gasteiger charge is -2.28. The quantitative estimate of drug-likeness (QED) is 0.194. The average Bonchev–Trinajstić information content (AvgIpc) is 3.41. The highest BCUT2D eigenvalue weighted by molar-refractivity contribution is 5.94. The molecule has 0 bridgehead atoms. The zero-order valence-electron chi connectivity index (χ0n) is 17.0. The summed E-state index contributed by atoms with van der Waals surface area (Å²) >= 11 is 0. The second kappa shape index (κ2) is 10.8. The number of hydrogen-bond donors (Lipinski definition) is 7. The zero-order chi connectivity index (χ0) is 23.1. The molecule has 0 saturated carbocycles. The van der Waals surface area contributed by atoms with Gasteiger partial charge in [-0.3, -0.25) is 14.4 Å². The van der Waals surface area contributed by atoms with Crippen LogP contribution in [0.4, 0.5) is 0 Å². The number of nitrogens with one attached hydrogen (secondary N) is 3. The monoisotopic (exact) mass is 440 g/mol. The van der Waals surface area contributed by atoms with E-state index in [9.17, 15) is 34.5 Å². The van der Waals surface area contributed by atoms with Gasteiger partial charge >= 0.3 is 5.97 Å². The van der Waals surface area contributed by atoms with Crippen LogP contribution in [0, 0.1) is 0 Å². The first kappa shape index (κ1) is 24.2. The van der Waals surface area contributed by atoms with Crippen LogP contribution in [-0.4, -0.2) is 97.3 Å². The minimum absolute atomic E-state index is 0.00725. The Morgan fingerprint density at radius 3 is 2.52 bits per heavy atom. The first-order valence-corrected chi connectivity index (χ1v) is 9.81. The van der Waals surface area contributed by atoms with Crippen molar-refractivity contribution < 1.29 is 34.5 Å². The minimum Gasteiger partial charge on any atom is -0.480 e. The van der Waals surface area contributed by atoms with Gasteiger partial charge in [-0.15, -0.1) is 0 Å². The number of aliphatic hydroxyl groups excluding tert-OH is 2. The third-order valence-corrected chi connectivity index (χ3v) is 5.05. The molecular weight excluding hydrogens is 412 g/mol. The number of amides is 3. The molecule has 0 radical (unpaired) electrons. The number of carboxylic acids is 1. The zero-order valence-corrected chi connectivity index (χ0v) is 17.0. The number of imidazole rings is 1. The van der Waals surface area contributed by atoms with Gasteiger partial charge in [0.2, 0.25) is 17.7 Å². The highest BCUT2D eigenvalue weighted by Gasteiger charge is 2.38. The summed E-state index contributed by atoms with van der Waals surface area (Å²) in [5.41, 5.74) is 6.05. The Kier molecular flexibility index (Phi) is 8.47. The fraction of sp³-hybridized carbons (Fsp3) is 0.611. The lowest BCUT2D eigenvalue weighted by molar-refractivity contribution is -0.149. The maximum atomic E-state index is 13.1. The molecule has 172 valence electrons. The standard InChI is InChI=1S/C18H28N6O7/c1-9(26)14(19)16(28)23-12(7-25)15(27)22-11(5-10-6-20-8-21-10)17(29)24-4-2-3-13(24)18(30)31/h6,8-9,11-14,25-26H,2-5,7,19H2,1H3,(H,20,21)(H,22,27)(H,23,28)(H,30,31). The van der Waals surface area contributed by atoms with Gasteiger partial charge in [0.15, 0.2) is 0 Å². The largest absolute Gasteiger partial charge is 0.480 e. The second-order valence-corrected chi connectivity index (χ2v) is 7.38. The van der Waals surface area contributed by atoms with E-state index >= 15 is 0 Å². The Bertz CT molecular complexity index is 784. The number of carbonyl (C=O) groups excluding carboxylic acids is 3. The van der Waals surface area contributed by atoms with Gasteiger partial charge < -0.3 is 41.6 Å². The Morgan fingerprint density at radius 1 is 1.29 bits per heavy atom. The lowest BCUT2D eigenvalue weighted by atomic mass is 10.1. The van der Waals surface area contributed by atoms with E-state index in [0.29, 0.717) is 18.5 Å². The van der Waals surface area contributed by atoms with E-state index in [1.54, 1.807) is 0 Å². The smallest absolute Gasteiger partial charge is 0.326 e. The molecule has 2 heterocycles. The number of rotatable bonds is 10. The number of hydrogen-bond acceptors (Lipinski definition) is 8. The van der Waals surface area contributed by atoms with Crippen LogP contribution in [0.1, 0.15) is 25.5 Å². The Morgan fingerprint density at radius 2 is 1.97 bits per heavy atom. The molecule has 3 amide bonds. The molecule has 1 fully saturated rings. The molecule has 0 aromatic carbocycles. The summed E-state index contributed by atoms with van der Waals surface area (Å²) in [5, 5.41) is 33.0. The lowest BCUT2D eigenvalue weighted by Crippen LogP contribution is -2.59. The maximum absolute atomic E-state index is 13.1. The van der Waals surface area contributed by atoms with Crippen LogP contribution < -0.4 is 16.4 Å². The van der Waals surface area contributed by atoms with Gasteiger partial charge in [-0.05, 0) is 19.8 Å². The number of H-pyrrole nitrogens is 1. The van der Waals surface area contributed by atoms with Crippen LogP contribution in [0.15, 0.2) is 12.5 Å². The molecule has 13 heteroatoms. The number of aliphatic carboxylic acids is 1. The van der Waals surface area contributed by atoms with Crippen LogP contribution in [0.3, 0.4) is 0 Å². The third kappa shape index (κ3) is 6.23. The number of carboxylic acid groups (broad SMARTS) is 1. The number of nitrogens with zero attached hydrogens (tertiary/aromatic N) is 2. The van der Waals surface area contributed by atoms with Gasteiger partial charge in [0.05, 0.1) is 19.0 Å². The van der Waals surface area contributed by atoms with E-state index in [1.165, 1.54) is 24.3 Å². The topological polar surface area (TPSA) is 211 Å². The summed E-state index contributed by atoms with van der Waals surface area (Å²) < 4.78 is 0. The number of likely N-dealkylation sites (tertiary alicyclic amines) is 1. The number of aromatic nitrogens is 2. The highest BCUT2D eigenvalue weighted by Crippen LogP contribution is 2.19. The van der Waals surface area contributed by atoms with E-state index < -0.39 is 60.6 Å². The predicted octanol–water partition coefficient (Wildman–Crippen LogP) is -3.30. The number of aromatic amines is 1. The van der Waals surface area contributed by atoms with Crippen molar-refractivity contribution in [3.05, 3.63) is 18.2 Å². The van der Waals surface area contributed by atoms with Crippen LogP contribution in [0.25, 0.3) is 0 Å². The van der Waals surface area contributed by atoms with Gasteiger partial charge in [0.25, 0.3) is 0 Å². The molecule has 5 atom stereocenters. The molecule has 8 N–H and O–H groups in total. The molecule has 5 unspecified atom stereocenters. The van der Waals surface area contributed by atoms with Crippen LogP contribution >= 0.6 is 0 Å². The van der Waals surface area contributed by atoms with Gasteiger partial charge in [0.1, 0.15) is 24.2 Å². The van der Waals surface area contributed by atoms with Crippen molar-refractivity contribution in [3.8, 4) is 0 Å². The summed E-state index contributed by atoms with van der Waals surface area (Å²) in [6.07, 6.45) is 2.48.